The maximum atomic E-state index is 14.0. The Bertz CT molecular complexity index is 1400. The van der Waals surface area contributed by atoms with Crippen molar-refractivity contribution in [2.45, 2.75) is 57.2 Å². The number of aromatic nitrogens is 4. The van der Waals surface area contributed by atoms with E-state index in [4.69, 9.17) is 0 Å². The lowest BCUT2D eigenvalue weighted by atomic mass is 9.52. The van der Waals surface area contributed by atoms with Gasteiger partial charge in [-0.05, 0) is 74.0 Å². The predicted octanol–water partition coefficient (Wildman–Crippen LogP) is 2.57. The number of carbonyl (C=O) groups is 1. The van der Waals surface area contributed by atoms with E-state index in [9.17, 15) is 18.8 Å². The van der Waals surface area contributed by atoms with Gasteiger partial charge in [0, 0.05) is 26.2 Å². The molecule has 0 unspecified atom stereocenters. The van der Waals surface area contributed by atoms with Gasteiger partial charge in [0.25, 0.3) is 5.56 Å². The number of carbonyl (C=O) groups excluding carboxylic acids is 1. The summed E-state index contributed by atoms with van der Waals surface area (Å²) in [5.41, 5.74) is 0.290. The van der Waals surface area contributed by atoms with Crippen LogP contribution in [0, 0.1) is 23.6 Å². The van der Waals surface area contributed by atoms with Gasteiger partial charge in [-0.25, -0.2) is 14.2 Å². The summed E-state index contributed by atoms with van der Waals surface area (Å²) in [4.78, 5) is 45.5. The van der Waals surface area contributed by atoms with E-state index in [2.05, 4.69) is 4.98 Å². The maximum Gasteiger partial charge on any atom is 0.332 e. The van der Waals surface area contributed by atoms with Crippen LogP contribution >= 0.6 is 0 Å². The van der Waals surface area contributed by atoms with Crippen molar-refractivity contribution in [1.82, 2.24) is 23.6 Å². The molecule has 0 spiro atoms. The first-order chi connectivity index (χ1) is 16.7. The van der Waals surface area contributed by atoms with E-state index < -0.39 is 11.2 Å². The van der Waals surface area contributed by atoms with Crippen LogP contribution in [0.15, 0.2) is 40.2 Å². The van der Waals surface area contributed by atoms with Crippen molar-refractivity contribution in [2.75, 3.05) is 0 Å². The average molecular weight is 480 g/mol. The number of hydrogen-bond donors (Lipinski definition) is 0. The van der Waals surface area contributed by atoms with E-state index in [1.807, 2.05) is 4.90 Å². The predicted molar refractivity (Wildman–Crippen MR) is 128 cm³/mol. The van der Waals surface area contributed by atoms with E-state index in [0.29, 0.717) is 24.3 Å². The van der Waals surface area contributed by atoms with E-state index in [0.717, 1.165) is 29.4 Å². The molecule has 35 heavy (non-hydrogen) atoms. The molecule has 2 aromatic heterocycles. The Hall–Kier alpha value is -3.23. The molecule has 0 aliphatic heterocycles. The first kappa shape index (κ1) is 22.2. The SMILES string of the molecule is Cn1c(=O)c2c(ncn2CC(=O)N(Cc2ccc(F)cc2)C23CC4CC(CC(C4)C2)C3)n(C)c1=O. The molecule has 4 aliphatic carbocycles. The van der Waals surface area contributed by atoms with Gasteiger partial charge < -0.3 is 9.47 Å². The van der Waals surface area contributed by atoms with Crippen LogP contribution < -0.4 is 11.2 Å². The van der Waals surface area contributed by atoms with Crippen molar-refractivity contribution in [3.8, 4) is 0 Å². The third-order valence-electron chi connectivity index (χ3n) is 8.66. The van der Waals surface area contributed by atoms with Gasteiger partial charge in [0.15, 0.2) is 11.2 Å². The lowest BCUT2D eigenvalue weighted by Gasteiger charge is -2.60. The van der Waals surface area contributed by atoms with Gasteiger partial charge in [0.1, 0.15) is 12.4 Å². The molecule has 0 radical (unpaired) electrons. The summed E-state index contributed by atoms with van der Waals surface area (Å²) in [6, 6.07) is 6.36. The summed E-state index contributed by atoms with van der Waals surface area (Å²) >= 11 is 0. The molecule has 1 aromatic carbocycles. The van der Waals surface area contributed by atoms with Crippen LogP contribution in [0.2, 0.25) is 0 Å². The molecule has 0 atom stereocenters. The Kier molecular flexibility index (Phi) is 5.02. The maximum absolute atomic E-state index is 14.0. The van der Waals surface area contributed by atoms with Crippen molar-refractivity contribution in [1.29, 1.82) is 0 Å². The molecule has 4 bridgehead atoms. The summed E-state index contributed by atoms with van der Waals surface area (Å²) in [6.07, 6.45) is 8.27. The minimum Gasteiger partial charge on any atom is -0.331 e. The highest BCUT2D eigenvalue weighted by atomic mass is 19.1. The molecule has 9 heteroatoms. The highest BCUT2D eigenvalue weighted by molar-refractivity contribution is 5.80. The molecule has 4 fully saturated rings. The van der Waals surface area contributed by atoms with Gasteiger partial charge >= 0.3 is 5.69 Å². The number of imidazole rings is 1. The van der Waals surface area contributed by atoms with Gasteiger partial charge in [0.05, 0.1) is 6.33 Å². The minimum absolute atomic E-state index is 0.0348. The minimum atomic E-state index is -0.465. The Labute approximate surface area is 202 Å². The van der Waals surface area contributed by atoms with Crippen LogP contribution in [0.1, 0.15) is 44.1 Å². The first-order valence-corrected chi connectivity index (χ1v) is 12.4. The number of aryl methyl sites for hydroxylation is 1. The van der Waals surface area contributed by atoms with Gasteiger partial charge in [0.2, 0.25) is 5.91 Å². The molecule has 8 nitrogen and oxygen atoms in total. The number of rotatable bonds is 5. The molecule has 4 saturated carbocycles. The van der Waals surface area contributed by atoms with Crippen molar-refractivity contribution >= 4 is 17.1 Å². The third-order valence-corrected chi connectivity index (χ3v) is 8.66. The summed E-state index contributed by atoms with van der Waals surface area (Å²) in [5, 5.41) is 0. The molecule has 4 aliphatic rings. The van der Waals surface area contributed by atoms with E-state index in [1.54, 1.807) is 23.7 Å². The molecule has 7 rings (SSSR count). The number of fused-ring (bicyclic) bond motifs is 1. The number of halogens is 1. The van der Waals surface area contributed by atoms with Crippen LogP contribution in [0.3, 0.4) is 0 Å². The van der Waals surface area contributed by atoms with E-state index in [1.165, 1.54) is 49.3 Å². The molecule has 2 heterocycles. The Morgan fingerprint density at radius 2 is 1.63 bits per heavy atom. The monoisotopic (exact) mass is 479 g/mol. The van der Waals surface area contributed by atoms with Crippen molar-refractivity contribution in [2.24, 2.45) is 31.8 Å². The van der Waals surface area contributed by atoms with Crippen LogP contribution in [-0.2, 0) is 32.0 Å². The summed E-state index contributed by atoms with van der Waals surface area (Å²) in [5.74, 6) is 1.58. The zero-order valence-corrected chi connectivity index (χ0v) is 20.1. The summed E-state index contributed by atoms with van der Waals surface area (Å²) in [6.45, 7) is 0.376. The molecule has 0 N–H and O–H groups in total. The topological polar surface area (TPSA) is 82.1 Å². The summed E-state index contributed by atoms with van der Waals surface area (Å²) in [7, 11) is 3.00. The number of nitrogens with zero attached hydrogens (tertiary/aromatic N) is 5. The molecular formula is C26H30FN5O3. The fourth-order valence-electron chi connectivity index (χ4n) is 7.44. The Morgan fingerprint density at radius 3 is 2.23 bits per heavy atom. The second kappa shape index (κ2) is 7.90. The van der Waals surface area contributed by atoms with Crippen LogP contribution in [0.25, 0.3) is 11.2 Å². The number of hydrogen-bond acceptors (Lipinski definition) is 4. The summed E-state index contributed by atoms with van der Waals surface area (Å²) < 4.78 is 17.5. The second-order valence-corrected chi connectivity index (χ2v) is 11.0. The zero-order chi connectivity index (χ0) is 24.5. The molecule has 184 valence electrons. The largest absolute Gasteiger partial charge is 0.332 e. The van der Waals surface area contributed by atoms with Crippen molar-refractivity contribution in [3.05, 3.63) is 62.8 Å². The molecule has 3 aromatic rings. The van der Waals surface area contributed by atoms with Crippen LogP contribution in [0.4, 0.5) is 4.39 Å². The lowest BCUT2D eigenvalue weighted by molar-refractivity contribution is -0.153. The standard InChI is InChI=1S/C26H30FN5O3/c1-29-23-22(24(34)30(2)25(29)35)31(15-28-23)14-21(33)32(13-16-3-5-20(27)6-4-16)26-10-17-7-18(11-26)9-19(8-17)12-26/h3-6,15,17-19H,7-14H2,1-2H3. The van der Waals surface area contributed by atoms with Gasteiger partial charge in [-0.3, -0.25) is 18.7 Å². The fourth-order valence-corrected chi connectivity index (χ4v) is 7.44. The number of amides is 1. The van der Waals surface area contributed by atoms with Gasteiger partial charge in [-0.2, -0.15) is 0 Å². The second-order valence-electron chi connectivity index (χ2n) is 11.0. The van der Waals surface area contributed by atoms with Crippen LogP contribution in [-0.4, -0.2) is 35.0 Å². The highest BCUT2D eigenvalue weighted by Crippen LogP contribution is 2.58. The Morgan fingerprint density at radius 1 is 1.03 bits per heavy atom. The molecule has 1 amide bonds. The number of benzene rings is 1. The van der Waals surface area contributed by atoms with E-state index in [-0.39, 0.29) is 35.0 Å². The normalized spacial score (nSPS) is 27.0. The Balaban J connectivity index is 1.39. The first-order valence-electron chi connectivity index (χ1n) is 12.4. The van der Waals surface area contributed by atoms with Gasteiger partial charge in [-0.15, -0.1) is 0 Å². The van der Waals surface area contributed by atoms with Crippen molar-refractivity contribution < 1.29 is 9.18 Å². The molecular weight excluding hydrogens is 449 g/mol. The van der Waals surface area contributed by atoms with Gasteiger partial charge in [-0.1, -0.05) is 12.1 Å². The smallest absolute Gasteiger partial charge is 0.331 e. The third kappa shape index (κ3) is 3.54. The molecule has 0 saturated heterocycles. The highest BCUT2D eigenvalue weighted by Gasteiger charge is 2.54. The average Bonchev–Trinajstić information content (AvgIpc) is 3.23. The van der Waals surface area contributed by atoms with Crippen molar-refractivity contribution in [3.63, 3.8) is 0 Å². The van der Waals surface area contributed by atoms with Crippen LogP contribution in [0.5, 0.6) is 0 Å². The van der Waals surface area contributed by atoms with E-state index >= 15 is 0 Å². The lowest BCUT2D eigenvalue weighted by Crippen LogP contribution is -2.61. The quantitative estimate of drug-likeness (QED) is 0.563. The fraction of sp³-hybridized carbons (Fsp3) is 0.538. The zero-order valence-electron chi connectivity index (χ0n) is 20.1.